The molecule has 0 bridgehead atoms. The zero-order valence-electron chi connectivity index (χ0n) is 9.38. The molecular formula is C9H14N4O2S. The fraction of sp³-hybridized carbons (Fsp3) is 0.556. The van der Waals surface area contributed by atoms with Gasteiger partial charge in [0.05, 0.1) is 12.3 Å². The second-order valence-electron chi connectivity index (χ2n) is 3.82. The standard InChI is InChI=1S/C9H14N4O2S/c1-7(2)9(4-10)12-16(14,15)8-5-11-13(3)6-8/h5-7,9,12H,1-3H3. The van der Waals surface area contributed by atoms with Gasteiger partial charge in [-0.25, -0.2) is 8.42 Å². The van der Waals surface area contributed by atoms with Crippen molar-refractivity contribution in [2.45, 2.75) is 24.8 Å². The van der Waals surface area contributed by atoms with E-state index in [-0.39, 0.29) is 10.8 Å². The average Bonchev–Trinajstić information content (AvgIpc) is 2.61. The average molecular weight is 242 g/mol. The summed E-state index contributed by atoms with van der Waals surface area (Å²) < 4.78 is 27.3. The quantitative estimate of drug-likeness (QED) is 0.819. The largest absolute Gasteiger partial charge is 0.274 e. The maximum atomic E-state index is 11.8. The first-order chi connectivity index (χ1) is 7.36. The summed E-state index contributed by atoms with van der Waals surface area (Å²) in [5, 5.41) is 12.6. The monoisotopic (exact) mass is 242 g/mol. The molecule has 0 aliphatic rings. The molecule has 6 nitrogen and oxygen atoms in total. The minimum absolute atomic E-state index is 0.0656. The number of nitriles is 1. The molecule has 1 unspecified atom stereocenters. The second kappa shape index (κ2) is 4.63. The van der Waals surface area contributed by atoms with Crippen molar-refractivity contribution >= 4 is 10.0 Å². The molecule has 0 aliphatic heterocycles. The summed E-state index contributed by atoms with van der Waals surface area (Å²) in [7, 11) is -2.02. The van der Waals surface area contributed by atoms with Crippen LogP contribution in [0.1, 0.15) is 13.8 Å². The zero-order chi connectivity index (χ0) is 12.3. The number of nitrogens with zero attached hydrogens (tertiary/aromatic N) is 3. The molecular weight excluding hydrogens is 228 g/mol. The Hall–Kier alpha value is -1.39. The Bertz CT molecular complexity index is 498. The van der Waals surface area contributed by atoms with Gasteiger partial charge in [-0.1, -0.05) is 13.8 Å². The third-order valence-electron chi connectivity index (χ3n) is 2.08. The number of sulfonamides is 1. The van der Waals surface area contributed by atoms with Crippen LogP contribution in [0.3, 0.4) is 0 Å². The van der Waals surface area contributed by atoms with Gasteiger partial charge in [0, 0.05) is 13.2 Å². The van der Waals surface area contributed by atoms with Crippen LogP contribution in [0.4, 0.5) is 0 Å². The van der Waals surface area contributed by atoms with Gasteiger partial charge in [-0.3, -0.25) is 4.68 Å². The van der Waals surface area contributed by atoms with Crippen LogP contribution in [-0.4, -0.2) is 24.2 Å². The molecule has 1 N–H and O–H groups in total. The van der Waals surface area contributed by atoms with Crippen molar-refractivity contribution < 1.29 is 8.42 Å². The van der Waals surface area contributed by atoms with Crippen LogP contribution in [0.15, 0.2) is 17.3 Å². The van der Waals surface area contributed by atoms with Crippen LogP contribution in [0.25, 0.3) is 0 Å². The third kappa shape index (κ3) is 2.81. The number of nitrogens with one attached hydrogen (secondary N) is 1. The maximum Gasteiger partial charge on any atom is 0.244 e. The molecule has 0 amide bonds. The van der Waals surface area contributed by atoms with Crippen LogP contribution in [-0.2, 0) is 17.1 Å². The van der Waals surface area contributed by atoms with Gasteiger partial charge in [-0.2, -0.15) is 15.1 Å². The van der Waals surface area contributed by atoms with Crippen molar-refractivity contribution in [3.63, 3.8) is 0 Å². The summed E-state index contributed by atoms with van der Waals surface area (Å²) in [6, 6.07) is 1.19. The smallest absolute Gasteiger partial charge is 0.244 e. The van der Waals surface area contributed by atoms with E-state index in [0.29, 0.717) is 0 Å². The van der Waals surface area contributed by atoms with E-state index in [9.17, 15) is 8.42 Å². The molecule has 0 spiro atoms. The lowest BCUT2D eigenvalue weighted by Gasteiger charge is -2.13. The van der Waals surface area contributed by atoms with Crippen molar-refractivity contribution in [1.29, 1.82) is 5.26 Å². The van der Waals surface area contributed by atoms with Gasteiger partial charge in [-0.05, 0) is 5.92 Å². The first kappa shape index (κ1) is 12.7. The van der Waals surface area contributed by atoms with E-state index in [0.717, 1.165) is 0 Å². The Balaban J connectivity index is 2.93. The molecule has 1 aromatic heterocycles. The van der Waals surface area contributed by atoms with Gasteiger partial charge in [-0.15, -0.1) is 0 Å². The second-order valence-corrected chi connectivity index (χ2v) is 5.54. The van der Waals surface area contributed by atoms with Gasteiger partial charge in [0.2, 0.25) is 10.0 Å². The van der Waals surface area contributed by atoms with Gasteiger partial charge in [0.25, 0.3) is 0 Å². The molecule has 0 radical (unpaired) electrons. The lowest BCUT2D eigenvalue weighted by Crippen LogP contribution is -2.37. The topological polar surface area (TPSA) is 87.8 Å². The summed E-state index contributed by atoms with van der Waals surface area (Å²) in [6.07, 6.45) is 2.63. The summed E-state index contributed by atoms with van der Waals surface area (Å²) in [5.74, 6) is -0.0866. The molecule has 1 aromatic rings. The predicted octanol–water partition coefficient (Wildman–Crippen LogP) is 0.247. The molecule has 88 valence electrons. The molecule has 0 aliphatic carbocycles. The van der Waals surface area contributed by atoms with E-state index in [1.54, 1.807) is 20.9 Å². The molecule has 1 atom stereocenters. The van der Waals surface area contributed by atoms with E-state index in [1.165, 1.54) is 17.1 Å². The lowest BCUT2D eigenvalue weighted by atomic mass is 10.1. The Morgan fingerprint density at radius 3 is 2.56 bits per heavy atom. The van der Waals surface area contributed by atoms with Gasteiger partial charge in [0.1, 0.15) is 10.9 Å². The van der Waals surface area contributed by atoms with Crippen LogP contribution >= 0.6 is 0 Å². The minimum Gasteiger partial charge on any atom is -0.274 e. The summed E-state index contributed by atoms with van der Waals surface area (Å²) in [6.45, 7) is 3.55. The van der Waals surface area contributed by atoms with Crippen molar-refractivity contribution in [3.8, 4) is 6.07 Å². The van der Waals surface area contributed by atoms with Crippen molar-refractivity contribution in [3.05, 3.63) is 12.4 Å². The lowest BCUT2D eigenvalue weighted by molar-refractivity contribution is 0.515. The summed E-state index contributed by atoms with van der Waals surface area (Å²) in [4.78, 5) is 0.0656. The highest BCUT2D eigenvalue weighted by Gasteiger charge is 2.23. The summed E-state index contributed by atoms with van der Waals surface area (Å²) in [5.41, 5.74) is 0. The Kier molecular flexibility index (Phi) is 3.67. The highest BCUT2D eigenvalue weighted by molar-refractivity contribution is 7.89. The normalized spacial score (nSPS) is 13.7. The third-order valence-corrected chi connectivity index (χ3v) is 3.48. The van der Waals surface area contributed by atoms with Crippen LogP contribution in [0, 0.1) is 17.2 Å². The molecule has 1 rings (SSSR count). The molecule has 16 heavy (non-hydrogen) atoms. The zero-order valence-corrected chi connectivity index (χ0v) is 10.2. The van der Waals surface area contributed by atoms with E-state index in [1.807, 2.05) is 6.07 Å². The van der Waals surface area contributed by atoms with E-state index < -0.39 is 16.1 Å². The van der Waals surface area contributed by atoms with E-state index in [2.05, 4.69) is 9.82 Å². The van der Waals surface area contributed by atoms with E-state index in [4.69, 9.17) is 5.26 Å². The number of hydrogen-bond acceptors (Lipinski definition) is 4. The van der Waals surface area contributed by atoms with Gasteiger partial charge >= 0.3 is 0 Å². The Labute approximate surface area is 94.9 Å². The van der Waals surface area contributed by atoms with Gasteiger partial charge < -0.3 is 0 Å². The highest BCUT2D eigenvalue weighted by Crippen LogP contribution is 2.09. The van der Waals surface area contributed by atoms with Gasteiger partial charge in [0.15, 0.2) is 0 Å². The Morgan fingerprint density at radius 2 is 2.19 bits per heavy atom. The van der Waals surface area contributed by atoms with Crippen molar-refractivity contribution in [2.75, 3.05) is 0 Å². The predicted molar refractivity (Wildman–Crippen MR) is 57.8 cm³/mol. The first-order valence-corrected chi connectivity index (χ1v) is 6.25. The van der Waals surface area contributed by atoms with E-state index >= 15 is 0 Å². The first-order valence-electron chi connectivity index (χ1n) is 4.77. The van der Waals surface area contributed by atoms with Crippen molar-refractivity contribution in [2.24, 2.45) is 13.0 Å². The molecule has 7 heteroatoms. The molecule has 0 fully saturated rings. The molecule has 0 saturated heterocycles. The fourth-order valence-corrected chi connectivity index (χ4v) is 2.36. The Morgan fingerprint density at radius 1 is 1.56 bits per heavy atom. The number of aromatic nitrogens is 2. The number of aryl methyl sites for hydroxylation is 1. The van der Waals surface area contributed by atoms with Crippen molar-refractivity contribution in [1.82, 2.24) is 14.5 Å². The molecule has 1 heterocycles. The fourth-order valence-electron chi connectivity index (χ4n) is 1.08. The van der Waals surface area contributed by atoms with Crippen LogP contribution in [0.5, 0.6) is 0 Å². The SMILES string of the molecule is CC(C)C(C#N)NS(=O)(=O)c1cnn(C)c1. The highest BCUT2D eigenvalue weighted by atomic mass is 32.2. The maximum absolute atomic E-state index is 11.8. The number of rotatable bonds is 4. The van der Waals surface area contributed by atoms with Crippen LogP contribution in [0.2, 0.25) is 0 Å². The number of hydrogen-bond donors (Lipinski definition) is 1. The summed E-state index contributed by atoms with van der Waals surface area (Å²) >= 11 is 0. The molecule has 0 aromatic carbocycles. The van der Waals surface area contributed by atoms with Crippen LogP contribution < -0.4 is 4.72 Å². The molecule has 0 saturated carbocycles. The minimum atomic E-state index is -3.65.